The molecule has 1 aliphatic carbocycles. The Hall–Kier alpha value is -3.67. The van der Waals surface area contributed by atoms with Gasteiger partial charge in [-0.1, -0.05) is 50.1 Å². The van der Waals surface area contributed by atoms with E-state index in [0.29, 0.717) is 31.0 Å². The Balaban J connectivity index is 1.47. The minimum absolute atomic E-state index is 0.0823. The summed E-state index contributed by atoms with van der Waals surface area (Å²) in [5, 5.41) is 6.74. The van der Waals surface area contributed by atoms with Crippen LogP contribution in [-0.2, 0) is 11.2 Å². The average Bonchev–Trinajstić information content (AvgIpc) is 3.46. The van der Waals surface area contributed by atoms with Gasteiger partial charge in [0, 0.05) is 24.0 Å². The standard InChI is InChI=1S/C34H40FN3O2/c1-4-24-14-19-28(21-23(24)3)37-33(39)29-12-8-20-38(34(40)31-22(2)9-7-13-30(31)35)32(29)25-15-17-27(18-16-25)36-26-10-5-6-11-26/h7,9,13-19,21,26,29,32,36H,4-6,8,10-12,20H2,1-3H3,(H,37,39)/t29-,32-/m0/s1. The van der Waals surface area contributed by atoms with Crippen LogP contribution >= 0.6 is 0 Å². The van der Waals surface area contributed by atoms with Crippen molar-refractivity contribution >= 4 is 23.2 Å². The van der Waals surface area contributed by atoms with Crippen LogP contribution in [0.4, 0.5) is 15.8 Å². The van der Waals surface area contributed by atoms with Gasteiger partial charge in [-0.2, -0.15) is 0 Å². The van der Waals surface area contributed by atoms with Gasteiger partial charge in [-0.15, -0.1) is 0 Å². The molecule has 40 heavy (non-hydrogen) atoms. The average molecular weight is 542 g/mol. The molecule has 5 rings (SSSR count). The molecule has 2 amide bonds. The molecule has 1 saturated carbocycles. The Morgan fingerprint density at radius 1 is 0.900 bits per heavy atom. The fraction of sp³-hybridized carbons (Fsp3) is 0.412. The van der Waals surface area contributed by atoms with E-state index in [2.05, 4.69) is 30.5 Å². The highest BCUT2D eigenvalue weighted by Crippen LogP contribution is 2.39. The van der Waals surface area contributed by atoms with Gasteiger partial charge in [0.15, 0.2) is 0 Å². The van der Waals surface area contributed by atoms with Crippen LogP contribution in [0, 0.1) is 25.6 Å². The summed E-state index contributed by atoms with van der Waals surface area (Å²) in [7, 11) is 0. The topological polar surface area (TPSA) is 61.4 Å². The number of piperidine rings is 1. The molecule has 3 aromatic rings. The molecule has 0 unspecified atom stereocenters. The maximum absolute atomic E-state index is 14.9. The lowest BCUT2D eigenvalue weighted by Crippen LogP contribution is -2.46. The number of anilines is 2. The van der Waals surface area contributed by atoms with Gasteiger partial charge in [-0.3, -0.25) is 9.59 Å². The van der Waals surface area contributed by atoms with Crippen LogP contribution in [0.15, 0.2) is 60.7 Å². The molecule has 210 valence electrons. The van der Waals surface area contributed by atoms with Crippen molar-refractivity contribution in [3.05, 3.63) is 94.3 Å². The van der Waals surface area contributed by atoms with Crippen molar-refractivity contribution in [2.75, 3.05) is 17.2 Å². The van der Waals surface area contributed by atoms with E-state index < -0.39 is 17.8 Å². The molecule has 1 heterocycles. The first kappa shape index (κ1) is 27.9. The SMILES string of the molecule is CCc1ccc(NC(=O)[C@H]2CCCN(C(=O)c3c(C)cccc3F)[C@H]2c2ccc(NC3CCCC3)cc2)cc1C. The zero-order valence-corrected chi connectivity index (χ0v) is 23.8. The van der Waals surface area contributed by atoms with Crippen molar-refractivity contribution in [2.45, 2.75) is 77.8 Å². The molecule has 3 aromatic carbocycles. The monoisotopic (exact) mass is 541 g/mol. The van der Waals surface area contributed by atoms with Crippen LogP contribution < -0.4 is 10.6 Å². The summed E-state index contributed by atoms with van der Waals surface area (Å²) >= 11 is 0. The summed E-state index contributed by atoms with van der Waals surface area (Å²) in [5.74, 6) is -1.48. The molecule has 2 atom stereocenters. The molecule has 2 aliphatic rings. The first-order chi connectivity index (χ1) is 19.4. The van der Waals surface area contributed by atoms with Crippen molar-refractivity contribution in [1.29, 1.82) is 0 Å². The van der Waals surface area contributed by atoms with E-state index in [1.807, 2.05) is 36.4 Å². The number of nitrogens with zero attached hydrogens (tertiary/aromatic N) is 1. The van der Waals surface area contributed by atoms with Gasteiger partial charge in [-0.25, -0.2) is 4.39 Å². The number of hydrogen-bond donors (Lipinski definition) is 2. The van der Waals surface area contributed by atoms with E-state index >= 15 is 0 Å². The van der Waals surface area contributed by atoms with Crippen LogP contribution in [0.5, 0.6) is 0 Å². The number of halogens is 1. The summed E-state index contributed by atoms with van der Waals surface area (Å²) in [6, 6.07) is 18.8. The second-order valence-electron chi connectivity index (χ2n) is 11.4. The highest BCUT2D eigenvalue weighted by molar-refractivity contribution is 5.98. The van der Waals surface area contributed by atoms with Gasteiger partial charge >= 0.3 is 0 Å². The summed E-state index contributed by atoms with van der Waals surface area (Å²) in [5.41, 5.74) is 5.74. The predicted octanol–water partition coefficient (Wildman–Crippen LogP) is 7.59. The molecule has 6 heteroatoms. The molecule has 1 saturated heterocycles. The summed E-state index contributed by atoms with van der Waals surface area (Å²) in [4.78, 5) is 29.4. The second kappa shape index (κ2) is 12.2. The third-order valence-corrected chi connectivity index (χ3v) is 8.63. The first-order valence-electron chi connectivity index (χ1n) is 14.7. The predicted molar refractivity (Wildman–Crippen MR) is 159 cm³/mol. The zero-order valence-electron chi connectivity index (χ0n) is 23.8. The third kappa shape index (κ3) is 5.91. The van der Waals surface area contributed by atoms with Crippen LogP contribution in [-0.4, -0.2) is 29.3 Å². The van der Waals surface area contributed by atoms with E-state index in [1.54, 1.807) is 24.0 Å². The lowest BCUT2D eigenvalue weighted by Gasteiger charge is -2.41. The van der Waals surface area contributed by atoms with E-state index in [1.165, 1.54) is 37.3 Å². The molecule has 1 aliphatic heterocycles. The van der Waals surface area contributed by atoms with Crippen molar-refractivity contribution in [1.82, 2.24) is 4.90 Å². The molecular weight excluding hydrogens is 501 g/mol. The number of carbonyl (C=O) groups is 2. The van der Waals surface area contributed by atoms with Gasteiger partial charge in [-0.05, 0) is 98.5 Å². The molecule has 0 spiro atoms. The lowest BCUT2D eigenvalue weighted by molar-refractivity contribution is -0.123. The number of aryl methyl sites for hydroxylation is 3. The van der Waals surface area contributed by atoms with E-state index in [9.17, 15) is 14.0 Å². The van der Waals surface area contributed by atoms with Crippen molar-refractivity contribution in [2.24, 2.45) is 5.92 Å². The number of benzene rings is 3. The maximum Gasteiger partial charge on any atom is 0.257 e. The highest BCUT2D eigenvalue weighted by atomic mass is 19.1. The largest absolute Gasteiger partial charge is 0.382 e. The van der Waals surface area contributed by atoms with Crippen LogP contribution in [0.25, 0.3) is 0 Å². The number of amides is 2. The minimum Gasteiger partial charge on any atom is -0.382 e. The Kier molecular flexibility index (Phi) is 8.53. The van der Waals surface area contributed by atoms with Crippen molar-refractivity contribution in [3.8, 4) is 0 Å². The normalized spacial score (nSPS) is 19.4. The number of likely N-dealkylation sites (tertiary alicyclic amines) is 1. The lowest BCUT2D eigenvalue weighted by atomic mass is 9.83. The third-order valence-electron chi connectivity index (χ3n) is 8.63. The van der Waals surface area contributed by atoms with Crippen LogP contribution in [0.2, 0.25) is 0 Å². The molecule has 0 aromatic heterocycles. The summed E-state index contributed by atoms with van der Waals surface area (Å²) < 4.78 is 14.9. The quantitative estimate of drug-likeness (QED) is 0.324. The number of rotatable bonds is 7. The van der Waals surface area contributed by atoms with Crippen molar-refractivity contribution in [3.63, 3.8) is 0 Å². The fourth-order valence-corrected chi connectivity index (χ4v) is 6.44. The van der Waals surface area contributed by atoms with Gasteiger partial charge in [0.05, 0.1) is 17.5 Å². The number of nitrogens with one attached hydrogen (secondary N) is 2. The van der Waals surface area contributed by atoms with Gasteiger partial charge in [0.25, 0.3) is 5.91 Å². The Morgan fingerprint density at radius 2 is 1.62 bits per heavy atom. The van der Waals surface area contributed by atoms with Crippen LogP contribution in [0.1, 0.15) is 84.1 Å². The smallest absolute Gasteiger partial charge is 0.257 e. The molecule has 0 bridgehead atoms. The Bertz CT molecular complexity index is 1340. The fourth-order valence-electron chi connectivity index (χ4n) is 6.44. The van der Waals surface area contributed by atoms with Gasteiger partial charge in [0.2, 0.25) is 5.91 Å². The van der Waals surface area contributed by atoms with Gasteiger partial charge in [0.1, 0.15) is 5.82 Å². The Labute approximate surface area is 237 Å². The molecule has 2 N–H and O–H groups in total. The van der Waals surface area contributed by atoms with Crippen LogP contribution in [0.3, 0.4) is 0 Å². The highest BCUT2D eigenvalue weighted by Gasteiger charge is 2.40. The van der Waals surface area contributed by atoms with E-state index in [0.717, 1.165) is 28.9 Å². The minimum atomic E-state index is -0.530. The second-order valence-corrected chi connectivity index (χ2v) is 11.4. The first-order valence-corrected chi connectivity index (χ1v) is 14.7. The maximum atomic E-state index is 14.9. The number of carbonyl (C=O) groups excluding carboxylic acids is 2. The molecule has 0 radical (unpaired) electrons. The summed E-state index contributed by atoms with van der Waals surface area (Å²) in [6.45, 7) is 6.39. The van der Waals surface area contributed by atoms with Crippen molar-refractivity contribution < 1.29 is 14.0 Å². The summed E-state index contributed by atoms with van der Waals surface area (Å²) in [6.07, 6.45) is 7.10. The molecule has 5 nitrogen and oxygen atoms in total. The molecule has 2 fully saturated rings. The Morgan fingerprint density at radius 3 is 2.30 bits per heavy atom. The molecular formula is C34H40FN3O2. The van der Waals surface area contributed by atoms with E-state index in [4.69, 9.17) is 0 Å². The van der Waals surface area contributed by atoms with E-state index in [-0.39, 0.29) is 17.4 Å². The van der Waals surface area contributed by atoms with Gasteiger partial charge < -0.3 is 15.5 Å². The number of hydrogen-bond acceptors (Lipinski definition) is 3. The zero-order chi connectivity index (χ0) is 28.2.